The van der Waals surface area contributed by atoms with Crippen LogP contribution in [-0.2, 0) is 10.3 Å². The molecule has 7 heteroatoms. The minimum Gasteiger partial charge on any atom is -0.494 e. The molecule has 0 aliphatic heterocycles. The molecule has 1 N–H and O–H groups in total. The molecule has 1 aromatic rings. The van der Waals surface area contributed by atoms with Gasteiger partial charge in [-0.25, -0.2) is 0 Å². The lowest BCUT2D eigenvalue weighted by Crippen LogP contribution is -2.25. The van der Waals surface area contributed by atoms with E-state index in [-0.39, 0.29) is 0 Å². The topological polar surface area (TPSA) is 70.1 Å². The highest BCUT2D eigenvalue weighted by molar-refractivity contribution is 7.87. The number of benzene rings is 1. The number of anilines is 1. The Hall–Kier alpha value is -1.57. The van der Waals surface area contributed by atoms with Crippen molar-refractivity contribution in [2.45, 2.75) is 19.3 Å². The molecular formula is C16H26N2O4S. The highest BCUT2D eigenvalue weighted by Crippen LogP contribution is 2.20. The number of likely N-dealkylation sites (N-methyl/N-ethyl adjacent to an activating group) is 1. The van der Waals surface area contributed by atoms with E-state index in [0.29, 0.717) is 18.0 Å². The fourth-order valence-electron chi connectivity index (χ4n) is 2.05. The predicted octanol–water partition coefficient (Wildman–Crippen LogP) is 2.59. The lowest BCUT2D eigenvalue weighted by Gasteiger charge is -2.15. The third-order valence-electron chi connectivity index (χ3n) is 3.44. The molecule has 0 aliphatic carbocycles. The van der Waals surface area contributed by atoms with Crippen LogP contribution in [0.25, 0.3) is 0 Å². The number of unbranched alkanes of at least 4 members (excludes halogenated alkanes) is 2. The van der Waals surface area contributed by atoms with E-state index in [9.17, 15) is 8.42 Å². The third-order valence-corrected chi connectivity index (χ3v) is 4.34. The number of hydrogen-bond donors (Lipinski definition) is 1. The van der Waals surface area contributed by atoms with Gasteiger partial charge in [0, 0.05) is 13.6 Å². The quantitative estimate of drug-likeness (QED) is 0.380. The van der Waals surface area contributed by atoms with Crippen LogP contribution >= 0.6 is 0 Å². The van der Waals surface area contributed by atoms with Crippen molar-refractivity contribution >= 4 is 16.0 Å². The van der Waals surface area contributed by atoms with Gasteiger partial charge >= 0.3 is 10.3 Å². The monoisotopic (exact) mass is 342 g/mol. The van der Waals surface area contributed by atoms with Crippen LogP contribution in [0, 0.1) is 0 Å². The van der Waals surface area contributed by atoms with Crippen molar-refractivity contribution in [3.63, 3.8) is 0 Å². The second kappa shape index (κ2) is 9.54. The molecule has 23 heavy (non-hydrogen) atoms. The van der Waals surface area contributed by atoms with Gasteiger partial charge in [-0.15, -0.1) is 6.58 Å². The van der Waals surface area contributed by atoms with Gasteiger partial charge in [0.05, 0.1) is 12.3 Å². The van der Waals surface area contributed by atoms with Gasteiger partial charge in [0.15, 0.2) is 0 Å². The minimum atomic E-state index is -4.22. The molecule has 0 saturated heterocycles. The van der Waals surface area contributed by atoms with Crippen molar-refractivity contribution < 1.29 is 17.7 Å². The Morgan fingerprint density at radius 3 is 2.39 bits per heavy atom. The third kappa shape index (κ3) is 7.49. The van der Waals surface area contributed by atoms with Crippen molar-refractivity contribution in [2.24, 2.45) is 0 Å². The molecule has 0 saturated carbocycles. The SMILES string of the molecule is C=CCN(C)CCCCCOc1ccc(N(C)S(=O)(=O)O)cc1. The second-order valence-electron chi connectivity index (χ2n) is 5.40. The lowest BCUT2D eigenvalue weighted by atomic mass is 10.2. The molecule has 0 bridgehead atoms. The van der Waals surface area contributed by atoms with Crippen molar-refractivity contribution in [3.8, 4) is 5.75 Å². The molecule has 0 heterocycles. The fourth-order valence-corrected chi connectivity index (χ4v) is 2.44. The Bertz CT molecular complexity index is 572. The van der Waals surface area contributed by atoms with E-state index in [2.05, 4.69) is 18.5 Å². The zero-order valence-corrected chi connectivity index (χ0v) is 14.6. The molecule has 0 spiro atoms. The highest BCUT2D eigenvalue weighted by atomic mass is 32.2. The van der Waals surface area contributed by atoms with Crippen LogP contribution < -0.4 is 9.04 Å². The van der Waals surface area contributed by atoms with E-state index in [1.165, 1.54) is 7.05 Å². The van der Waals surface area contributed by atoms with Crippen LogP contribution in [0.2, 0.25) is 0 Å². The Morgan fingerprint density at radius 2 is 1.83 bits per heavy atom. The van der Waals surface area contributed by atoms with Crippen molar-refractivity contribution in [3.05, 3.63) is 36.9 Å². The molecule has 1 aromatic carbocycles. The molecule has 0 fully saturated rings. The van der Waals surface area contributed by atoms with Gasteiger partial charge in [-0.3, -0.25) is 8.86 Å². The summed E-state index contributed by atoms with van der Waals surface area (Å²) in [7, 11) is -0.866. The number of ether oxygens (including phenoxy) is 1. The summed E-state index contributed by atoms with van der Waals surface area (Å²) in [6.07, 6.45) is 5.07. The molecule has 130 valence electrons. The van der Waals surface area contributed by atoms with Gasteiger partial charge < -0.3 is 9.64 Å². The van der Waals surface area contributed by atoms with E-state index in [0.717, 1.165) is 36.7 Å². The summed E-state index contributed by atoms with van der Waals surface area (Å²) < 4.78 is 37.4. The van der Waals surface area contributed by atoms with E-state index in [4.69, 9.17) is 9.29 Å². The largest absolute Gasteiger partial charge is 0.494 e. The molecule has 6 nitrogen and oxygen atoms in total. The standard InChI is InChI=1S/C16H26N2O4S/c1-4-12-17(2)13-6-5-7-14-22-16-10-8-15(9-11-16)18(3)23(19,20)21/h4,8-11H,1,5-7,12-14H2,2-3H3,(H,19,20,21). The highest BCUT2D eigenvalue weighted by Gasteiger charge is 2.13. The first-order valence-corrected chi connectivity index (χ1v) is 8.98. The molecular weight excluding hydrogens is 316 g/mol. The Kier molecular flexibility index (Phi) is 8.08. The van der Waals surface area contributed by atoms with Crippen LogP contribution in [0.3, 0.4) is 0 Å². The van der Waals surface area contributed by atoms with Gasteiger partial charge in [-0.1, -0.05) is 6.08 Å². The first-order chi connectivity index (χ1) is 10.8. The van der Waals surface area contributed by atoms with Crippen LogP contribution in [0.5, 0.6) is 5.75 Å². The van der Waals surface area contributed by atoms with E-state index >= 15 is 0 Å². The van der Waals surface area contributed by atoms with Crippen LogP contribution in [-0.4, -0.2) is 51.7 Å². The normalized spacial score (nSPS) is 11.5. The zero-order chi connectivity index (χ0) is 17.3. The first kappa shape index (κ1) is 19.5. The van der Waals surface area contributed by atoms with Gasteiger partial charge in [-0.05, 0) is 57.1 Å². The van der Waals surface area contributed by atoms with Crippen LogP contribution in [0.1, 0.15) is 19.3 Å². The lowest BCUT2D eigenvalue weighted by molar-refractivity contribution is 0.296. The summed E-state index contributed by atoms with van der Waals surface area (Å²) in [4.78, 5) is 2.22. The fraction of sp³-hybridized carbons (Fsp3) is 0.500. The Balaban J connectivity index is 2.27. The first-order valence-electron chi connectivity index (χ1n) is 7.58. The molecule has 0 atom stereocenters. The molecule has 0 aromatic heterocycles. The van der Waals surface area contributed by atoms with Crippen molar-refractivity contribution in [2.75, 3.05) is 38.1 Å². The molecule has 1 rings (SSSR count). The summed E-state index contributed by atoms with van der Waals surface area (Å²) in [6, 6.07) is 6.56. The zero-order valence-electron chi connectivity index (χ0n) is 13.8. The molecule has 0 radical (unpaired) electrons. The summed E-state index contributed by atoms with van der Waals surface area (Å²) in [6.45, 7) is 6.28. The maximum absolute atomic E-state index is 11.0. The summed E-state index contributed by atoms with van der Waals surface area (Å²) in [5, 5.41) is 0. The summed E-state index contributed by atoms with van der Waals surface area (Å²) >= 11 is 0. The Labute approximate surface area is 139 Å². The molecule has 0 aliphatic rings. The number of hydrogen-bond acceptors (Lipinski definition) is 4. The van der Waals surface area contributed by atoms with Gasteiger partial charge in [0.2, 0.25) is 0 Å². The molecule has 0 amide bonds. The van der Waals surface area contributed by atoms with Crippen molar-refractivity contribution in [1.82, 2.24) is 4.90 Å². The maximum Gasteiger partial charge on any atom is 0.359 e. The van der Waals surface area contributed by atoms with Gasteiger partial charge in [0.25, 0.3) is 0 Å². The molecule has 0 unspecified atom stereocenters. The van der Waals surface area contributed by atoms with E-state index in [1.54, 1.807) is 24.3 Å². The van der Waals surface area contributed by atoms with E-state index in [1.807, 2.05) is 6.08 Å². The summed E-state index contributed by atoms with van der Waals surface area (Å²) in [5.41, 5.74) is 0.380. The van der Waals surface area contributed by atoms with Gasteiger partial charge in [0.1, 0.15) is 5.75 Å². The Morgan fingerprint density at radius 1 is 1.17 bits per heavy atom. The van der Waals surface area contributed by atoms with Crippen LogP contribution in [0.15, 0.2) is 36.9 Å². The smallest absolute Gasteiger partial charge is 0.359 e. The average Bonchev–Trinajstić information content (AvgIpc) is 2.50. The minimum absolute atomic E-state index is 0.380. The van der Waals surface area contributed by atoms with Gasteiger partial charge in [-0.2, -0.15) is 8.42 Å². The summed E-state index contributed by atoms with van der Waals surface area (Å²) in [5.74, 6) is 0.682. The maximum atomic E-state index is 11.0. The average molecular weight is 342 g/mol. The predicted molar refractivity (Wildman–Crippen MR) is 93.4 cm³/mol. The second-order valence-corrected chi connectivity index (χ2v) is 6.84. The van der Waals surface area contributed by atoms with Crippen molar-refractivity contribution in [1.29, 1.82) is 0 Å². The van der Waals surface area contributed by atoms with E-state index < -0.39 is 10.3 Å². The number of nitrogens with zero attached hydrogens (tertiary/aromatic N) is 2. The van der Waals surface area contributed by atoms with Crippen LogP contribution in [0.4, 0.5) is 5.69 Å². The number of rotatable bonds is 11.